The fraction of sp³-hybridized carbons (Fsp3) is 0.867. The molecule has 0 aliphatic carbocycles. The predicted octanol–water partition coefficient (Wildman–Crippen LogP) is -0.252. The SMILES string of the molecule is CCC1(C)NC(=O)C(C)N(CC2CN(C)CCN2C)C1=O. The summed E-state index contributed by atoms with van der Waals surface area (Å²) in [7, 11) is 4.19. The van der Waals surface area contributed by atoms with Gasteiger partial charge in [-0.1, -0.05) is 6.92 Å². The second kappa shape index (κ2) is 5.93. The van der Waals surface area contributed by atoms with Crippen molar-refractivity contribution >= 4 is 11.8 Å². The number of piperazine rings is 2. The summed E-state index contributed by atoms with van der Waals surface area (Å²) in [5.41, 5.74) is -0.761. The maximum absolute atomic E-state index is 12.8. The van der Waals surface area contributed by atoms with Crippen LogP contribution in [0.15, 0.2) is 0 Å². The van der Waals surface area contributed by atoms with E-state index in [2.05, 4.69) is 29.2 Å². The number of likely N-dealkylation sites (N-methyl/N-ethyl adjacent to an activating group) is 2. The fourth-order valence-corrected chi connectivity index (χ4v) is 3.07. The van der Waals surface area contributed by atoms with Gasteiger partial charge in [0, 0.05) is 32.2 Å². The molecule has 0 aromatic heterocycles. The molecule has 0 radical (unpaired) electrons. The fourth-order valence-electron chi connectivity index (χ4n) is 3.07. The van der Waals surface area contributed by atoms with E-state index in [-0.39, 0.29) is 17.9 Å². The van der Waals surface area contributed by atoms with E-state index in [1.807, 2.05) is 20.8 Å². The summed E-state index contributed by atoms with van der Waals surface area (Å²) in [5.74, 6) is -0.00973. The molecule has 0 aromatic rings. The third-order valence-electron chi connectivity index (χ3n) is 5.07. The number of hydrogen-bond donors (Lipinski definition) is 1. The summed E-state index contributed by atoms with van der Waals surface area (Å²) in [4.78, 5) is 31.3. The van der Waals surface area contributed by atoms with Crippen molar-refractivity contribution in [1.82, 2.24) is 20.0 Å². The van der Waals surface area contributed by atoms with Crippen molar-refractivity contribution in [2.24, 2.45) is 0 Å². The van der Waals surface area contributed by atoms with Crippen molar-refractivity contribution in [2.45, 2.75) is 44.8 Å². The Morgan fingerprint density at radius 3 is 2.57 bits per heavy atom. The van der Waals surface area contributed by atoms with E-state index >= 15 is 0 Å². The van der Waals surface area contributed by atoms with Gasteiger partial charge in [0.15, 0.2) is 0 Å². The number of carbonyl (C=O) groups is 2. The number of hydrogen-bond acceptors (Lipinski definition) is 4. The Kier molecular flexibility index (Phi) is 4.58. The van der Waals surface area contributed by atoms with Crippen LogP contribution in [0.2, 0.25) is 0 Å². The van der Waals surface area contributed by atoms with E-state index in [1.165, 1.54) is 0 Å². The van der Waals surface area contributed by atoms with Crippen LogP contribution < -0.4 is 5.32 Å². The highest BCUT2D eigenvalue weighted by atomic mass is 16.2. The van der Waals surface area contributed by atoms with Crippen LogP contribution in [0.1, 0.15) is 27.2 Å². The standard InChI is InChI=1S/C15H28N4O2/c1-6-15(3)14(21)19(11(2)13(20)16-15)10-12-9-17(4)7-8-18(12)5/h11-12H,6-10H2,1-5H3,(H,16,20). The second-order valence-corrected chi connectivity index (χ2v) is 6.71. The Morgan fingerprint density at radius 1 is 1.29 bits per heavy atom. The molecule has 2 heterocycles. The quantitative estimate of drug-likeness (QED) is 0.780. The van der Waals surface area contributed by atoms with E-state index in [0.717, 1.165) is 19.6 Å². The summed E-state index contributed by atoms with van der Waals surface area (Å²) in [6.45, 7) is 9.16. The average Bonchev–Trinajstić information content (AvgIpc) is 2.45. The Bertz CT molecular complexity index is 428. The maximum Gasteiger partial charge on any atom is 0.248 e. The van der Waals surface area contributed by atoms with Crippen LogP contribution in [-0.2, 0) is 9.59 Å². The van der Waals surface area contributed by atoms with Crippen molar-refractivity contribution < 1.29 is 9.59 Å². The first-order valence-electron chi connectivity index (χ1n) is 7.80. The summed E-state index contributed by atoms with van der Waals surface area (Å²) in [6, 6.07) is -0.111. The molecule has 3 atom stereocenters. The molecular formula is C15H28N4O2. The Balaban J connectivity index is 2.16. The minimum atomic E-state index is -0.761. The van der Waals surface area contributed by atoms with Gasteiger partial charge in [0.2, 0.25) is 11.8 Å². The van der Waals surface area contributed by atoms with Crippen LogP contribution in [-0.4, -0.2) is 84.4 Å². The van der Waals surface area contributed by atoms with Crippen LogP contribution in [0.3, 0.4) is 0 Å². The average molecular weight is 296 g/mol. The lowest BCUT2D eigenvalue weighted by molar-refractivity contribution is -0.155. The molecule has 0 aromatic carbocycles. The second-order valence-electron chi connectivity index (χ2n) is 6.71. The molecule has 2 saturated heterocycles. The zero-order valence-corrected chi connectivity index (χ0v) is 13.8. The van der Waals surface area contributed by atoms with Gasteiger partial charge in [0.05, 0.1) is 0 Å². The van der Waals surface area contributed by atoms with Gasteiger partial charge in [-0.25, -0.2) is 0 Å². The van der Waals surface area contributed by atoms with Crippen molar-refractivity contribution in [3.8, 4) is 0 Å². The molecule has 2 aliphatic heterocycles. The third kappa shape index (κ3) is 3.06. The minimum Gasteiger partial charge on any atom is -0.340 e. The lowest BCUT2D eigenvalue weighted by Gasteiger charge is -2.46. The molecule has 0 spiro atoms. The van der Waals surface area contributed by atoms with Gasteiger partial charge in [-0.15, -0.1) is 0 Å². The topological polar surface area (TPSA) is 55.9 Å². The van der Waals surface area contributed by atoms with E-state index in [1.54, 1.807) is 4.90 Å². The Labute approximate surface area is 127 Å². The first-order chi connectivity index (χ1) is 9.78. The molecule has 2 aliphatic rings. The van der Waals surface area contributed by atoms with Crippen LogP contribution in [0.25, 0.3) is 0 Å². The zero-order valence-electron chi connectivity index (χ0n) is 13.8. The molecule has 2 rings (SSSR count). The van der Waals surface area contributed by atoms with E-state index in [4.69, 9.17) is 0 Å². The lowest BCUT2D eigenvalue weighted by Crippen LogP contribution is -2.70. The largest absolute Gasteiger partial charge is 0.340 e. The van der Waals surface area contributed by atoms with Crippen LogP contribution in [0.4, 0.5) is 0 Å². The predicted molar refractivity (Wildman–Crippen MR) is 81.9 cm³/mol. The number of rotatable bonds is 3. The van der Waals surface area contributed by atoms with E-state index in [0.29, 0.717) is 13.0 Å². The molecule has 2 fully saturated rings. The minimum absolute atomic E-state index is 0.0405. The lowest BCUT2D eigenvalue weighted by atomic mass is 9.91. The molecule has 0 saturated carbocycles. The van der Waals surface area contributed by atoms with E-state index < -0.39 is 11.6 Å². The van der Waals surface area contributed by atoms with Crippen LogP contribution in [0, 0.1) is 0 Å². The first-order valence-corrected chi connectivity index (χ1v) is 7.80. The number of carbonyl (C=O) groups excluding carboxylic acids is 2. The van der Waals surface area contributed by atoms with Crippen molar-refractivity contribution in [3.05, 3.63) is 0 Å². The van der Waals surface area contributed by atoms with Crippen molar-refractivity contribution in [1.29, 1.82) is 0 Å². The maximum atomic E-state index is 12.8. The smallest absolute Gasteiger partial charge is 0.248 e. The number of amides is 2. The van der Waals surface area contributed by atoms with Gasteiger partial charge >= 0.3 is 0 Å². The van der Waals surface area contributed by atoms with Gasteiger partial charge in [0.1, 0.15) is 11.6 Å². The highest BCUT2D eigenvalue weighted by molar-refractivity contribution is 5.99. The Hall–Kier alpha value is -1.14. The monoisotopic (exact) mass is 296 g/mol. The van der Waals surface area contributed by atoms with Gasteiger partial charge in [-0.2, -0.15) is 0 Å². The molecule has 1 N–H and O–H groups in total. The summed E-state index contributed by atoms with van der Waals surface area (Å²) in [5, 5.41) is 2.88. The highest BCUT2D eigenvalue weighted by Crippen LogP contribution is 2.22. The number of nitrogens with one attached hydrogen (secondary N) is 1. The molecule has 21 heavy (non-hydrogen) atoms. The van der Waals surface area contributed by atoms with Gasteiger partial charge in [-0.05, 0) is 34.4 Å². The Morgan fingerprint density at radius 2 is 1.95 bits per heavy atom. The van der Waals surface area contributed by atoms with Gasteiger partial charge in [0.25, 0.3) is 0 Å². The molecule has 120 valence electrons. The molecular weight excluding hydrogens is 268 g/mol. The normalized spacial score (nSPS) is 36.0. The van der Waals surface area contributed by atoms with Crippen LogP contribution >= 0.6 is 0 Å². The molecule has 0 bridgehead atoms. The molecule has 6 nitrogen and oxygen atoms in total. The summed E-state index contributed by atoms with van der Waals surface area (Å²) >= 11 is 0. The van der Waals surface area contributed by atoms with Crippen molar-refractivity contribution in [2.75, 3.05) is 40.3 Å². The van der Waals surface area contributed by atoms with Crippen molar-refractivity contribution in [3.63, 3.8) is 0 Å². The molecule has 2 amide bonds. The van der Waals surface area contributed by atoms with Crippen LogP contribution in [0.5, 0.6) is 0 Å². The number of nitrogens with zero attached hydrogens (tertiary/aromatic N) is 3. The highest BCUT2D eigenvalue weighted by Gasteiger charge is 2.46. The third-order valence-corrected chi connectivity index (χ3v) is 5.07. The zero-order chi connectivity index (χ0) is 15.8. The first kappa shape index (κ1) is 16.2. The summed E-state index contributed by atoms with van der Waals surface area (Å²) < 4.78 is 0. The summed E-state index contributed by atoms with van der Waals surface area (Å²) in [6.07, 6.45) is 0.612. The van der Waals surface area contributed by atoms with Gasteiger partial charge < -0.3 is 15.1 Å². The molecule has 6 heteroatoms. The molecule has 3 unspecified atom stereocenters. The van der Waals surface area contributed by atoms with Gasteiger partial charge in [-0.3, -0.25) is 14.5 Å². The van der Waals surface area contributed by atoms with E-state index in [9.17, 15) is 9.59 Å².